The van der Waals surface area contributed by atoms with Crippen LogP contribution in [0.4, 0.5) is 0 Å². The molecule has 0 radical (unpaired) electrons. The van der Waals surface area contributed by atoms with Crippen LogP contribution in [-0.2, 0) is 6.54 Å². The predicted octanol–water partition coefficient (Wildman–Crippen LogP) is 4.82. The molecule has 1 aliphatic heterocycles. The molecular weight excluding hydrogens is 433 g/mol. The summed E-state index contributed by atoms with van der Waals surface area (Å²) in [5.74, 6) is -0.136. The molecule has 7 heteroatoms. The molecule has 0 aromatic heterocycles. The van der Waals surface area contributed by atoms with Gasteiger partial charge < -0.3 is 9.80 Å². The van der Waals surface area contributed by atoms with Crippen molar-refractivity contribution < 1.29 is 9.59 Å². The molecule has 0 N–H and O–H groups in total. The zero-order valence-electron chi connectivity index (χ0n) is 18.3. The van der Waals surface area contributed by atoms with Gasteiger partial charge in [-0.05, 0) is 56.3 Å². The number of piperazine rings is 1. The van der Waals surface area contributed by atoms with Gasteiger partial charge in [-0.15, -0.1) is 0 Å². The largest absolute Gasteiger partial charge is 0.335 e. The summed E-state index contributed by atoms with van der Waals surface area (Å²) in [5.41, 5.74) is 2.31. The molecule has 2 aromatic carbocycles. The minimum atomic E-state index is -0.135. The maximum atomic E-state index is 12.9. The smallest absolute Gasteiger partial charge is 0.255 e. The van der Waals surface area contributed by atoms with E-state index in [9.17, 15) is 9.59 Å². The fraction of sp³-hybridized carbons (Fsp3) is 0.417. The maximum Gasteiger partial charge on any atom is 0.255 e. The van der Waals surface area contributed by atoms with Crippen LogP contribution in [0.15, 0.2) is 42.5 Å². The van der Waals surface area contributed by atoms with E-state index >= 15 is 0 Å². The first-order valence-electron chi connectivity index (χ1n) is 10.7. The molecule has 1 aliphatic rings. The topological polar surface area (TPSA) is 43.9 Å². The average Bonchev–Trinajstić information content (AvgIpc) is 2.77. The number of benzene rings is 2. The standard InChI is InChI=1S/C24H29Cl2N3O2/c1-4-27(17(2)3)16-18-5-7-19(8-6-18)23(30)28-11-13-29(14-12-28)24(31)21-10-9-20(25)15-22(21)26/h5-10,15,17H,4,11-14,16H2,1-3H3. The van der Waals surface area contributed by atoms with Gasteiger partial charge in [-0.25, -0.2) is 0 Å². The van der Waals surface area contributed by atoms with Crippen molar-refractivity contribution in [1.82, 2.24) is 14.7 Å². The summed E-state index contributed by atoms with van der Waals surface area (Å²) in [5, 5.41) is 0.838. The summed E-state index contributed by atoms with van der Waals surface area (Å²) < 4.78 is 0. The minimum Gasteiger partial charge on any atom is -0.335 e. The number of nitrogens with zero attached hydrogens (tertiary/aromatic N) is 3. The second-order valence-corrected chi connectivity index (χ2v) is 8.91. The van der Waals surface area contributed by atoms with Crippen molar-refractivity contribution in [1.29, 1.82) is 0 Å². The molecule has 5 nitrogen and oxygen atoms in total. The highest BCUT2D eigenvalue weighted by Crippen LogP contribution is 2.23. The Morgan fingerprint density at radius 3 is 2.03 bits per heavy atom. The van der Waals surface area contributed by atoms with E-state index in [0.717, 1.165) is 13.1 Å². The van der Waals surface area contributed by atoms with Crippen LogP contribution >= 0.6 is 23.2 Å². The summed E-state index contributed by atoms with van der Waals surface area (Å²) in [6.45, 7) is 10.3. The third-order valence-electron chi connectivity index (χ3n) is 5.74. The van der Waals surface area contributed by atoms with Crippen LogP contribution in [0.1, 0.15) is 47.1 Å². The Balaban J connectivity index is 1.58. The maximum absolute atomic E-state index is 12.9. The molecule has 0 aliphatic carbocycles. The molecule has 31 heavy (non-hydrogen) atoms. The number of hydrogen-bond acceptors (Lipinski definition) is 3. The fourth-order valence-corrected chi connectivity index (χ4v) is 4.26. The van der Waals surface area contributed by atoms with Gasteiger partial charge in [-0.3, -0.25) is 14.5 Å². The molecule has 166 valence electrons. The molecule has 0 atom stereocenters. The van der Waals surface area contributed by atoms with Crippen LogP contribution in [-0.4, -0.2) is 65.3 Å². The van der Waals surface area contributed by atoms with Gasteiger partial charge in [0.2, 0.25) is 0 Å². The van der Waals surface area contributed by atoms with E-state index in [1.54, 1.807) is 28.0 Å². The summed E-state index contributed by atoms with van der Waals surface area (Å²) in [6.07, 6.45) is 0. The van der Waals surface area contributed by atoms with Gasteiger partial charge in [0.25, 0.3) is 11.8 Å². The number of amides is 2. The lowest BCUT2D eigenvalue weighted by Gasteiger charge is -2.35. The van der Waals surface area contributed by atoms with Crippen LogP contribution in [0.2, 0.25) is 10.0 Å². The Morgan fingerprint density at radius 1 is 0.935 bits per heavy atom. The molecule has 1 heterocycles. The lowest BCUT2D eigenvalue weighted by atomic mass is 10.1. The first-order valence-corrected chi connectivity index (χ1v) is 11.4. The van der Waals surface area contributed by atoms with Crippen molar-refractivity contribution in [3.05, 3.63) is 69.2 Å². The molecule has 2 amide bonds. The second kappa shape index (κ2) is 10.5. The van der Waals surface area contributed by atoms with Gasteiger partial charge in [-0.2, -0.15) is 0 Å². The number of carbonyl (C=O) groups excluding carboxylic acids is 2. The van der Waals surface area contributed by atoms with E-state index < -0.39 is 0 Å². The molecule has 3 rings (SSSR count). The van der Waals surface area contributed by atoms with Crippen molar-refractivity contribution in [3.8, 4) is 0 Å². The number of carbonyl (C=O) groups is 2. The van der Waals surface area contributed by atoms with Crippen LogP contribution in [0.25, 0.3) is 0 Å². The summed E-state index contributed by atoms with van der Waals surface area (Å²) in [6, 6.07) is 13.2. The van der Waals surface area contributed by atoms with Gasteiger partial charge >= 0.3 is 0 Å². The summed E-state index contributed by atoms with van der Waals surface area (Å²) in [7, 11) is 0. The number of halogens is 2. The monoisotopic (exact) mass is 461 g/mol. The first kappa shape index (κ1) is 23.6. The van der Waals surface area contributed by atoms with E-state index in [1.807, 2.05) is 24.3 Å². The van der Waals surface area contributed by atoms with Crippen LogP contribution in [0, 0.1) is 0 Å². The van der Waals surface area contributed by atoms with Crippen LogP contribution in [0.5, 0.6) is 0 Å². The van der Waals surface area contributed by atoms with Crippen molar-refractivity contribution in [2.45, 2.75) is 33.4 Å². The van der Waals surface area contributed by atoms with E-state index in [1.165, 1.54) is 5.56 Å². The van der Waals surface area contributed by atoms with Gasteiger partial charge in [0.15, 0.2) is 0 Å². The van der Waals surface area contributed by atoms with E-state index in [-0.39, 0.29) is 11.8 Å². The third-order valence-corrected chi connectivity index (χ3v) is 6.29. The molecule has 0 saturated carbocycles. The van der Waals surface area contributed by atoms with Crippen molar-refractivity contribution >= 4 is 35.0 Å². The Bertz CT molecular complexity index is 923. The Morgan fingerprint density at radius 2 is 1.52 bits per heavy atom. The molecular formula is C24H29Cl2N3O2. The van der Waals surface area contributed by atoms with Gasteiger partial charge in [-0.1, -0.05) is 42.3 Å². The minimum absolute atomic E-state index is 0.000573. The highest BCUT2D eigenvalue weighted by Gasteiger charge is 2.26. The van der Waals surface area contributed by atoms with Crippen LogP contribution < -0.4 is 0 Å². The third kappa shape index (κ3) is 5.79. The molecule has 1 fully saturated rings. The molecule has 0 unspecified atom stereocenters. The SMILES string of the molecule is CCN(Cc1ccc(C(=O)N2CCN(C(=O)c3ccc(Cl)cc3Cl)CC2)cc1)C(C)C. The van der Waals surface area contributed by atoms with Crippen LogP contribution in [0.3, 0.4) is 0 Å². The highest BCUT2D eigenvalue weighted by molar-refractivity contribution is 6.36. The van der Waals surface area contributed by atoms with E-state index in [2.05, 4.69) is 25.7 Å². The Labute approximate surface area is 194 Å². The lowest BCUT2D eigenvalue weighted by molar-refractivity contribution is 0.0535. The summed E-state index contributed by atoms with van der Waals surface area (Å²) in [4.78, 5) is 31.6. The normalized spacial score (nSPS) is 14.4. The molecule has 2 aromatic rings. The van der Waals surface area contributed by atoms with Crippen molar-refractivity contribution in [3.63, 3.8) is 0 Å². The van der Waals surface area contributed by atoms with Gasteiger partial charge in [0, 0.05) is 49.4 Å². The van der Waals surface area contributed by atoms with Crippen molar-refractivity contribution in [2.24, 2.45) is 0 Å². The average molecular weight is 462 g/mol. The lowest BCUT2D eigenvalue weighted by Crippen LogP contribution is -2.50. The molecule has 0 spiro atoms. The zero-order valence-corrected chi connectivity index (χ0v) is 19.8. The summed E-state index contributed by atoms with van der Waals surface area (Å²) >= 11 is 12.1. The van der Waals surface area contributed by atoms with E-state index in [0.29, 0.717) is 53.4 Å². The number of rotatable bonds is 6. The van der Waals surface area contributed by atoms with E-state index in [4.69, 9.17) is 23.2 Å². The zero-order chi connectivity index (χ0) is 22.5. The van der Waals surface area contributed by atoms with Gasteiger partial charge in [0.05, 0.1) is 10.6 Å². The van der Waals surface area contributed by atoms with Gasteiger partial charge in [0.1, 0.15) is 0 Å². The Hall–Kier alpha value is -2.08. The molecule has 1 saturated heterocycles. The highest BCUT2D eigenvalue weighted by atomic mass is 35.5. The quantitative estimate of drug-likeness (QED) is 0.618. The van der Waals surface area contributed by atoms with Crippen molar-refractivity contribution in [2.75, 3.05) is 32.7 Å². The first-order chi connectivity index (χ1) is 14.8. The Kier molecular flexibility index (Phi) is 7.98. The molecule has 0 bridgehead atoms. The fourth-order valence-electron chi connectivity index (χ4n) is 3.78. The second-order valence-electron chi connectivity index (χ2n) is 8.06. The number of hydrogen-bond donors (Lipinski definition) is 0. The predicted molar refractivity (Wildman–Crippen MR) is 126 cm³/mol.